The van der Waals surface area contributed by atoms with Crippen molar-refractivity contribution in [2.75, 3.05) is 24.6 Å². The summed E-state index contributed by atoms with van der Waals surface area (Å²) in [6.45, 7) is 1.71. The molecule has 0 fully saturated rings. The van der Waals surface area contributed by atoms with Gasteiger partial charge in [-0.25, -0.2) is 5.48 Å². The van der Waals surface area contributed by atoms with Crippen molar-refractivity contribution in [2.24, 2.45) is 15.4 Å². The van der Waals surface area contributed by atoms with Gasteiger partial charge in [-0.05, 0) is 138 Å². The molecule has 0 aliphatic carbocycles. The lowest BCUT2D eigenvalue weighted by Gasteiger charge is -2.26. The van der Waals surface area contributed by atoms with Crippen LogP contribution < -0.4 is 19.9 Å². The Morgan fingerprint density at radius 2 is 1.25 bits per heavy atom. The van der Waals surface area contributed by atoms with Crippen LogP contribution in [0.25, 0.3) is 22.9 Å². The van der Waals surface area contributed by atoms with Gasteiger partial charge in [-0.15, -0.1) is 5.11 Å². The number of anilines is 4. The van der Waals surface area contributed by atoms with Gasteiger partial charge < -0.3 is 29.2 Å². The summed E-state index contributed by atoms with van der Waals surface area (Å²) in [6, 6.07) is 47.9. The van der Waals surface area contributed by atoms with Crippen LogP contribution in [0.2, 0.25) is 0 Å². The molecule has 0 saturated heterocycles. The van der Waals surface area contributed by atoms with Crippen molar-refractivity contribution in [3.63, 3.8) is 0 Å². The molecule has 0 bridgehead atoms. The van der Waals surface area contributed by atoms with Gasteiger partial charge in [-0.1, -0.05) is 59.8 Å². The van der Waals surface area contributed by atoms with Crippen molar-refractivity contribution in [1.29, 1.82) is 0 Å². The Morgan fingerprint density at radius 1 is 0.678 bits per heavy atom. The Balaban J connectivity index is 0.899. The molecule has 0 radical (unpaired) electrons. The van der Waals surface area contributed by atoms with Gasteiger partial charge in [-0.2, -0.15) is 5.11 Å². The van der Waals surface area contributed by atoms with Gasteiger partial charge in [0.2, 0.25) is 6.40 Å². The van der Waals surface area contributed by atoms with Crippen LogP contribution in [0.5, 0.6) is 17.2 Å². The quantitative estimate of drug-likeness (QED) is 0.0248. The normalized spacial score (nSPS) is 11.3. The molecule has 0 atom stereocenters. The fourth-order valence-electron chi connectivity index (χ4n) is 6.17. The van der Waals surface area contributed by atoms with E-state index in [4.69, 9.17) is 19.1 Å². The van der Waals surface area contributed by atoms with Gasteiger partial charge >= 0.3 is 0 Å². The van der Waals surface area contributed by atoms with Crippen molar-refractivity contribution >= 4 is 69.2 Å². The zero-order chi connectivity index (χ0) is 41.0. The number of benzene rings is 7. The summed E-state index contributed by atoms with van der Waals surface area (Å²) >= 11 is 0. The van der Waals surface area contributed by atoms with Gasteiger partial charge in [0.1, 0.15) is 29.5 Å². The minimum Gasteiger partial charge on any atom is -0.506 e. The molecule has 11 heteroatoms. The lowest BCUT2D eigenvalue weighted by molar-refractivity contribution is 0.101. The number of methoxy groups -OCH3 is 2. The van der Waals surface area contributed by atoms with Crippen LogP contribution in [0.4, 0.5) is 34.1 Å². The Hall–Kier alpha value is -7.92. The molecule has 0 unspecified atom stereocenters. The standard InChI is InChI=1S/C48H41N5O6/c1-33(54)37-11-16-39(17-12-37)50-51-48-46-28-10-36(30-38(46)13-29-47(48)55)31-58-49-32-59-52-40-14-6-34(7-15-40)4-5-35-8-18-41(19-9-35)53(42-20-24-44(56-2)25-21-42)43-22-26-45(57-3)27-23-43/h4-30,32,52,55H,31H2,1-3H3. The van der Waals surface area contributed by atoms with Gasteiger partial charge in [0.05, 0.1) is 25.6 Å². The number of carbonyl (C=O) groups is 1. The number of azo groups is 1. The number of Topliss-reactive ketones (excluding diaryl/α,β-unsaturated/α-hetero) is 1. The summed E-state index contributed by atoms with van der Waals surface area (Å²) in [7, 11) is 3.32. The van der Waals surface area contributed by atoms with Crippen molar-refractivity contribution in [3.05, 3.63) is 174 Å². The van der Waals surface area contributed by atoms with Crippen LogP contribution in [0.15, 0.2) is 167 Å². The zero-order valence-electron chi connectivity index (χ0n) is 32.7. The highest BCUT2D eigenvalue weighted by atomic mass is 16.7. The van der Waals surface area contributed by atoms with Crippen molar-refractivity contribution in [3.8, 4) is 17.2 Å². The van der Waals surface area contributed by atoms with Gasteiger partial charge in [0.25, 0.3) is 0 Å². The maximum absolute atomic E-state index is 11.5. The molecule has 59 heavy (non-hydrogen) atoms. The number of rotatable bonds is 16. The predicted octanol–water partition coefficient (Wildman–Crippen LogP) is 12.3. The zero-order valence-corrected chi connectivity index (χ0v) is 32.7. The Labute approximate surface area is 342 Å². The van der Waals surface area contributed by atoms with Crippen LogP contribution in [0.1, 0.15) is 34.0 Å². The monoisotopic (exact) mass is 783 g/mol. The molecule has 2 N–H and O–H groups in total. The highest BCUT2D eigenvalue weighted by Gasteiger charge is 2.13. The molecule has 0 saturated carbocycles. The van der Waals surface area contributed by atoms with E-state index in [1.54, 1.807) is 50.6 Å². The number of fused-ring (bicyclic) bond motifs is 1. The smallest absolute Gasteiger partial charge is 0.245 e. The number of phenolic OH excluding ortho intramolecular Hbond substituents is 1. The molecule has 7 rings (SSSR count). The van der Waals surface area contributed by atoms with Crippen LogP contribution in [-0.2, 0) is 16.3 Å². The topological polar surface area (TPSA) is 127 Å². The summed E-state index contributed by atoms with van der Waals surface area (Å²) in [5, 5.41) is 24.5. The second-order valence-electron chi connectivity index (χ2n) is 13.3. The van der Waals surface area contributed by atoms with Crippen LogP contribution >= 0.6 is 0 Å². The van der Waals surface area contributed by atoms with Crippen molar-refractivity contribution in [2.45, 2.75) is 13.5 Å². The molecule has 0 aliphatic rings. The maximum atomic E-state index is 11.5. The van der Waals surface area contributed by atoms with Crippen molar-refractivity contribution < 1.29 is 29.0 Å². The molecule has 7 aromatic rings. The number of ether oxygens (including phenoxy) is 2. The SMILES string of the molecule is COc1ccc(N(c2ccc(C=Cc3ccc(NOC=NOCc4ccc5c(N=Nc6ccc(C(C)=O)cc6)c(O)ccc5c4)cc3)cc2)c2ccc(OC)cc2)cc1. The molecule has 0 aromatic heterocycles. The second kappa shape index (κ2) is 18.8. The number of hydrogen-bond donors (Lipinski definition) is 2. The third-order valence-electron chi connectivity index (χ3n) is 9.34. The number of nitrogens with zero attached hydrogens (tertiary/aromatic N) is 4. The summed E-state index contributed by atoms with van der Waals surface area (Å²) in [4.78, 5) is 24.5. The molecular formula is C48H41N5O6. The number of carbonyl (C=O) groups excluding carboxylic acids is 1. The third-order valence-corrected chi connectivity index (χ3v) is 9.34. The molecule has 11 nitrogen and oxygen atoms in total. The molecule has 0 heterocycles. The molecule has 0 amide bonds. The van der Waals surface area contributed by atoms with Crippen LogP contribution in [0.3, 0.4) is 0 Å². The van der Waals surface area contributed by atoms with E-state index in [1.807, 2.05) is 91.0 Å². The third kappa shape index (κ3) is 10.1. The first-order valence-electron chi connectivity index (χ1n) is 18.7. The highest BCUT2D eigenvalue weighted by molar-refractivity contribution is 5.96. The van der Waals surface area contributed by atoms with Crippen molar-refractivity contribution in [1.82, 2.24) is 0 Å². The fraction of sp³-hybridized carbons (Fsp3) is 0.0833. The van der Waals surface area contributed by atoms with Gasteiger partial charge in [0.15, 0.2) is 5.78 Å². The van der Waals surface area contributed by atoms with Crippen LogP contribution in [-0.4, -0.2) is 31.5 Å². The fourth-order valence-corrected chi connectivity index (χ4v) is 6.17. The number of ketones is 1. The highest BCUT2D eigenvalue weighted by Crippen LogP contribution is 2.38. The number of nitrogens with one attached hydrogen (secondary N) is 1. The minimum absolute atomic E-state index is 0.00728. The largest absolute Gasteiger partial charge is 0.506 e. The first kappa shape index (κ1) is 39.3. The first-order chi connectivity index (χ1) is 28.9. The number of hydrogen-bond acceptors (Lipinski definition) is 11. The Morgan fingerprint density at radius 3 is 1.83 bits per heavy atom. The van der Waals surface area contributed by atoms with E-state index < -0.39 is 0 Å². The van der Waals surface area contributed by atoms with E-state index in [0.29, 0.717) is 16.9 Å². The van der Waals surface area contributed by atoms with Gasteiger partial charge in [0, 0.05) is 28.0 Å². The van der Waals surface area contributed by atoms with E-state index in [1.165, 1.54) is 13.3 Å². The second-order valence-corrected chi connectivity index (χ2v) is 13.3. The van der Waals surface area contributed by atoms with E-state index in [0.717, 1.165) is 61.7 Å². The minimum atomic E-state index is -0.0259. The average Bonchev–Trinajstić information content (AvgIpc) is 3.28. The predicted molar refractivity (Wildman–Crippen MR) is 234 cm³/mol. The number of aromatic hydroxyl groups is 1. The molecule has 7 aromatic carbocycles. The Kier molecular flexibility index (Phi) is 12.5. The lowest BCUT2D eigenvalue weighted by Crippen LogP contribution is -2.09. The molecule has 294 valence electrons. The number of oxime groups is 1. The molecular weight excluding hydrogens is 743 g/mol. The summed E-state index contributed by atoms with van der Waals surface area (Å²) < 4.78 is 10.8. The van der Waals surface area contributed by atoms with Crippen LogP contribution in [0, 0.1) is 0 Å². The first-order valence-corrected chi connectivity index (χ1v) is 18.7. The van der Waals surface area contributed by atoms with E-state index in [-0.39, 0.29) is 18.1 Å². The average molecular weight is 784 g/mol. The van der Waals surface area contributed by atoms with Gasteiger partial charge in [-0.3, -0.25) is 4.79 Å². The summed E-state index contributed by atoms with van der Waals surface area (Å²) in [5.41, 5.74) is 11.1. The van der Waals surface area contributed by atoms with E-state index >= 15 is 0 Å². The Bertz CT molecular complexity index is 2540. The number of phenols is 1. The van der Waals surface area contributed by atoms with E-state index in [2.05, 4.69) is 62.2 Å². The summed E-state index contributed by atoms with van der Waals surface area (Å²) in [6.07, 6.45) is 5.31. The maximum Gasteiger partial charge on any atom is 0.245 e. The molecule has 0 aliphatic heterocycles. The van der Waals surface area contributed by atoms with E-state index in [9.17, 15) is 9.90 Å². The summed E-state index contributed by atoms with van der Waals surface area (Å²) in [5.74, 6) is 1.58. The lowest BCUT2D eigenvalue weighted by atomic mass is 10.1. The molecule has 0 spiro atoms.